The van der Waals surface area contributed by atoms with Crippen LogP contribution in [0.5, 0.6) is 0 Å². The van der Waals surface area contributed by atoms with E-state index < -0.39 is 5.97 Å². The largest absolute Gasteiger partial charge is 0.477 e. The number of rotatable bonds is 5. The van der Waals surface area contributed by atoms with Crippen molar-refractivity contribution < 1.29 is 9.90 Å². The van der Waals surface area contributed by atoms with E-state index in [1.165, 1.54) is 12.8 Å². The summed E-state index contributed by atoms with van der Waals surface area (Å²) in [5.41, 5.74) is 1.14. The number of carbonyl (C=O) groups is 1. The molecule has 1 fully saturated rings. The number of anilines is 1. The van der Waals surface area contributed by atoms with Crippen LogP contribution in [0.25, 0.3) is 0 Å². The highest BCUT2D eigenvalue weighted by Crippen LogP contribution is 2.31. The molecule has 1 saturated carbocycles. The molecule has 0 unspecified atom stereocenters. The molecular weight excluding hydrogens is 216 g/mol. The molecule has 1 heterocycles. The molecule has 1 aliphatic rings. The molecule has 2 rings (SSSR count). The second-order valence-corrected chi connectivity index (χ2v) is 4.98. The molecule has 1 aliphatic carbocycles. The molecule has 17 heavy (non-hydrogen) atoms. The van der Waals surface area contributed by atoms with Crippen LogP contribution in [0.2, 0.25) is 0 Å². The lowest BCUT2D eigenvalue weighted by molar-refractivity contribution is 0.0690. The van der Waals surface area contributed by atoms with Gasteiger partial charge in [0.2, 0.25) is 0 Å². The molecule has 0 radical (unpaired) electrons. The molecule has 0 aliphatic heterocycles. The van der Waals surface area contributed by atoms with Gasteiger partial charge >= 0.3 is 5.97 Å². The lowest BCUT2D eigenvalue weighted by Crippen LogP contribution is -2.29. The van der Waals surface area contributed by atoms with Gasteiger partial charge in [-0.25, -0.2) is 9.78 Å². The summed E-state index contributed by atoms with van der Waals surface area (Å²) in [5.74, 6) is -0.381. The van der Waals surface area contributed by atoms with E-state index in [9.17, 15) is 4.79 Å². The summed E-state index contributed by atoms with van der Waals surface area (Å²) in [4.78, 5) is 17.0. The van der Waals surface area contributed by atoms with Crippen LogP contribution in [0.4, 0.5) is 5.69 Å². The van der Waals surface area contributed by atoms with Gasteiger partial charge < -0.3 is 10.0 Å². The topological polar surface area (TPSA) is 53.4 Å². The van der Waals surface area contributed by atoms with Crippen LogP contribution < -0.4 is 4.90 Å². The monoisotopic (exact) mass is 234 g/mol. The predicted octanol–water partition coefficient (Wildman–Crippen LogP) is 2.40. The Hall–Kier alpha value is -1.58. The number of hydrogen-bond acceptors (Lipinski definition) is 3. The fourth-order valence-electron chi connectivity index (χ4n) is 1.93. The van der Waals surface area contributed by atoms with Crippen LogP contribution in [-0.4, -0.2) is 28.6 Å². The van der Waals surface area contributed by atoms with Crippen molar-refractivity contribution in [2.45, 2.75) is 32.7 Å². The number of aromatic carboxylic acids is 1. The maximum absolute atomic E-state index is 10.7. The van der Waals surface area contributed by atoms with Crippen LogP contribution in [0.15, 0.2) is 18.3 Å². The smallest absolute Gasteiger partial charge is 0.354 e. The van der Waals surface area contributed by atoms with Gasteiger partial charge in [-0.05, 0) is 30.9 Å². The molecule has 0 amide bonds. The summed E-state index contributed by atoms with van der Waals surface area (Å²) in [6.45, 7) is 5.38. The minimum atomic E-state index is -0.974. The number of hydrogen-bond donors (Lipinski definition) is 1. The molecule has 0 atom stereocenters. The first-order valence-electron chi connectivity index (χ1n) is 6.04. The highest BCUT2D eigenvalue weighted by molar-refractivity contribution is 5.85. The first kappa shape index (κ1) is 11.9. The van der Waals surface area contributed by atoms with E-state index in [-0.39, 0.29) is 5.69 Å². The average Bonchev–Trinajstić information content (AvgIpc) is 3.09. The van der Waals surface area contributed by atoms with Gasteiger partial charge in [0.15, 0.2) is 0 Å². The third-order valence-electron chi connectivity index (χ3n) is 2.85. The van der Waals surface area contributed by atoms with Gasteiger partial charge in [0.05, 0.1) is 11.9 Å². The summed E-state index contributed by atoms with van der Waals surface area (Å²) in [5, 5.41) is 8.81. The van der Waals surface area contributed by atoms with Crippen molar-refractivity contribution in [2.75, 3.05) is 11.4 Å². The predicted molar refractivity (Wildman–Crippen MR) is 66.4 cm³/mol. The van der Waals surface area contributed by atoms with Crippen molar-refractivity contribution in [3.8, 4) is 0 Å². The van der Waals surface area contributed by atoms with E-state index in [2.05, 4.69) is 23.7 Å². The third-order valence-corrected chi connectivity index (χ3v) is 2.85. The fourth-order valence-corrected chi connectivity index (χ4v) is 1.93. The minimum Gasteiger partial charge on any atom is -0.477 e. The van der Waals surface area contributed by atoms with Crippen LogP contribution in [-0.2, 0) is 0 Å². The molecule has 4 heteroatoms. The van der Waals surface area contributed by atoms with E-state index in [1.54, 1.807) is 12.3 Å². The molecular formula is C13H18N2O2. The van der Waals surface area contributed by atoms with Crippen LogP contribution in [0.3, 0.4) is 0 Å². The van der Waals surface area contributed by atoms with Crippen molar-refractivity contribution >= 4 is 11.7 Å². The summed E-state index contributed by atoms with van der Waals surface area (Å²) < 4.78 is 0. The average molecular weight is 234 g/mol. The lowest BCUT2D eigenvalue weighted by Gasteiger charge is -2.26. The van der Waals surface area contributed by atoms with Crippen LogP contribution >= 0.6 is 0 Å². The van der Waals surface area contributed by atoms with Gasteiger partial charge in [-0.15, -0.1) is 0 Å². The van der Waals surface area contributed by atoms with Crippen molar-refractivity contribution in [3.63, 3.8) is 0 Å². The van der Waals surface area contributed by atoms with Crippen LogP contribution in [0.1, 0.15) is 37.2 Å². The number of carboxylic acid groups (broad SMARTS) is 1. The summed E-state index contributed by atoms with van der Waals surface area (Å²) >= 11 is 0. The lowest BCUT2D eigenvalue weighted by atomic mass is 10.2. The molecule has 0 aromatic carbocycles. The van der Waals surface area contributed by atoms with E-state index in [1.807, 2.05) is 6.07 Å². The van der Waals surface area contributed by atoms with E-state index in [0.717, 1.165) is 12.2 Å². The zero-order valence-electron chi connectivity index (χ0n) is 10.3. The first-order valence-corrected chi connectivity index (χ1v) is 6.04. The van der Waals surface area contributed by atoms with E-state index in [4.69, 9.17) is 5.11 Å². The summed E-state index contributed by atoms with van der Waals surface area (Å²) in [6.07, 6.45) is 4.13. The fraction of sp³-hybridized carbons (Fsp3) is 0.538. The third kappa shape index (κ3) is 2.96. The van der Waals surface area contributed by atoms with Gasteiger partial charge in [-0.2, -0.15) is 0 Å². The van der Waals surface area contributed by atoms with Gasteiger partial charge in [0, 0.05) is 12.6 Å². The Morgan fingerprint density at radius 2 is 2.24 bits per heavy atom. The van der Waals surface area contributed by atoms with Gasteiger partial charge in [-0.3, -0.25) is 0 Å². The Balaban J connectivity index is 2.15. The summed E-state index contributed by atoms with van der Waals surface area (Å²) in [7, 11) is 0. The van der Waals surface area contributed by atoms with E-state index in [0.29, 0.717) is 12.0 Å². The standard InChI is InChI=1S/C13H18N2O2/c1-9(2)8-15(10-3-4-10)11-5-6-12(13(16)17)14-7-11/h5-7,9-10H,3-4,8H2,1-2H3,(H,16,17). The maximum Gasteiger partial charge on any atom is 0.354 e. The normalized spacial score (nSPS) is 15.0. The van der Waals surface area contributed by atoms with Crippen molar-refractivity contribution in [1.82, 2.24) is 4.98 Å². The molecule has 4 nitrogen and oxygen atoms in total. The van der Waals surface area contributed by atoms with Crippen molar-refractivity contribution in [3.05, 3.63) is 24.0 Å². The zero-order valence-corrected chi connectivity index (χ0v) is 10.3. The Morgan fingerprint density at radius 1 is 1.53 bits per heavy atom. The quantitative estimate of drug-likeness (QED) is 0.850. The number of carboxylic acids is 1. The minimum absolute atomic E-state index is 0.106. The Kier molecular flexibility index (Phi) is 3.31. The maximum atomic E-state index is 10.7. The van der Waals surface area contributed by atoms with Gasteiger partial charge in [0.1, 0.15) is 5.69 Å². The van der Waals surface area contributed by atoms with Gasteiger partial charge in [0.25, 0.3) is 0 Å². The van der Waals surface area contributed by atoms with E-state index >= 15 is 0 Å². The molecule has 0 bridgehead atoms. The highest BCUT2D eigenvalue weighted by Gasteiger charge is 2.29. The SMILES string of the molecule is CC(C)CN(c1ccc(C(=O)O)nc1)C1CC1. The Labute approximate surface area is 101 Å². The number of nitrogens with zero attached hydrogens (tertiary/aromatic N) is 2. The zero-order chi connectivity index (χ0) is 12.4. The number of pyridine rings is 1. The Bertz CT molecular complexity index is 396. The molecule has 92 valence electrons. The molecule has 1 aromatic rings. The highest BCUT2D eigenvalue weighted by atomic mass is 16.4. The Morgan fingerprint density at radius 3 is 2.65 bits per heavy atom. The summed E-state index contributed by atoms with van der Waals surface area (Å²) in [6, 6.07) is 4.06. The molecule has 1 N–H and O–H groups in total. The van der Waals surface area contributed by atoms with Crippen molar-refractivity contribution in [1.29, 1.82) is 0 Å². The second kappa shape index (κ2) is 4.73. The number of aromatic nitrogens is 1. The second-order valence-electron chi connectivity index (χ2n) is 4.98. The molecule has 0 spiro atoms. The first-order chi connectivity index (χ1) is 8.08. The van der Waals surface area contributed by atoms with Gasteiger partial charge in [-0.1, -0.05) is 13.8 Å². The van der Waals surface area contributed by atoms with Crippen LogP contribution in [0, 0.1) is 5.92 Å². The molecule has 0 saturated heterocycles. The molecule has 1 aromatic heterocycles. The van der Waals surface area contributed by atoms with Crippen molar-refractivity contribution in [2.24, 2.45) is 5.92 Å².